The van der Waals surface area contributed by atoms with Crippen molar-refractivity contribution in [1.29, 1.82) is 0 Å². The number of carbonyl (C=O) groups is 2. The van der Waals surface area contributed by atoms with Gasteiger partial charge in [0.1, 0.15) is 5.52 Å². The molecule has 132 valence electrons. The number of amides is 1. The van der Waals surface area contributed by atoms with Gasteiger partial charge in [0, 0.05) is 29.2 Å². The lowest BCUT2D eigenvalue weighted by atomic mass is 10.1. The fourth-order valence-electron chi connectivity index (χ4n) is 3.16. The molecule has 2 heterocycles. The summed E-state index contributed by atoms with van der Waals surface area (Å²) in [5, 5.41) is 9.76. The first-order chi connectivity index (χ1) is 12.4. The zero-order valence-electron chi connectivity index (χ0n) is 13.9. The van der Waals surface area contributed by atoms with Gasteiger partial charge in [0.15, 0.2) is 5.58 Å². The van der Waals surface area contributed by atoms with Crippen LogP contribution in [0.15, 0.2) is 40.8 Å². The van der Waals surface area contributed by atoms with E-state index in [2.05, 4.69) is 4.98 Å². The van der Waals surface area contributed by atoms with Crippen LogP contribution in [-0.2, 0) is 9.59 Å². The Morgan fingerprint density at radius 3 is 2.85 bits per heavy atom. The van der Waals surface area contributed by atoms with E-state index in [-0.39, 0.29) is 18.9 Å². The van der Waals surface area contributed by atoms with Crippen LogP contribution < -0.4 is 4.90 Å². The molecule has 1 amide bonds. The number of halogens is 1. The number of hydrogen-bond acceptors (Lipinski definition) is 4. The van der Waals surface area contributed by atoms with Gasteiger partial charge in [0.25, 0.3) is 0 Å². The molecular weight excluding hydrogens is 356 g/mol. The number of carboxylic acids is 1. The minimum absolute atomic E-state index is 0.0143. The first-order valence-electron chi connectivity index (χ1n) is 8.12. The van der Waals surface area contributed by atoms with E-state index >= 15 is 0 Å². The summed E-state index contributed by atoms with van der Waals surface area (Å²) >= 11 is 5.99. The van der Waals surface area contributed by atoms with Gasteiger partial charge in [-0.05, 0) is 42.8 Å². The molecule has 7 heteroatoms. The third-order valence-electron chi connectivity index (χ3n) is 4.57. The van der Waals surface area contributed by atoms with Crippen LogP contribution in [0.3, 0.4) is 0 Å². The monoisotopic (exact) mass is 370 g/mol. The molecular formula is C19H15ClN2O4. The second-order valence-electron chi connectivity index (χ2n) is 6.38. The molecule has 1 fully saturated rings. The van der Waals surface area contributed by atoms with Gasteiger partial charge < -0.3 is 14.4 Å². The normalized spacial score (nSPS) is 17.2. The van der Waals surface area contributed by atoms with Crippen molar-refractivity contribution in [3.63, 3.8) is 0 Å². The highest BCUT2D eigenvalue weighted by Gasteiger charge is 2.35. The number of oxazole rings is 1. The van der Waals surface area contributed by atoms with Crippen molar-refractivity contribution < 1.29 is 19.1 Å². The van der Waals surface area contributed by atoms with E-state index in [0.717, 1.165) is 5.56 Å². The average Bonchev–Trinajstić information content (AvgIpc) is 3.18. The number of carbonyl (C=O) groups excluding carboxylic acids is 1. The van der Waals surface area contributed by atoms with Crippen molar-refractivity contribution in [2.24, 2.45) is 5.92 Å². The molecule has 1 saturated heterocycles. The first kappa shape index (κ1) is 16.6. The molecule has 0 spiro atoms. The van der Waals surface area contributed by atoms with E-state index in [1.165, 1.54) is 4.90 Å². The molecule has 0 aliphatic carbocycles. The predicted octanol–water partition coefficient (Wildman–Crippen LogP) is 3.89. The molecule has 1 aliphatic heterocycles. The number of aryl methyl sites for hydroxylation is 1. The topological polar surface area (TPSA) is 83.6 Å². The molecule has 0 saturated carbocycles. The fraction of sp³-hybridized carbons (Fsp3) is 0.211. The molecule has 4 rings (SSSR count). The highest BCUT2D eigenvalue weighted by molar-refractivity contribution is 6.31. The van der Waals surface area contributed by atoms with E-state index in [9.17, 15) is 14.7 Å². The lowest BCUT2D eigenvalue weighted by Gasteiger charge is -2.19. The summed E-state index contributed by atoms with van der Waals surface area (Å²) in [7, 11) is 0. The fourth-order valence-corrected chi connectivity index (χ4v) is 3.33. The van der Waals surface area contributed by atoms with Crippen molar-refractivity contribution in [3.8, 4) is 11.5 Å². The van der Waals surface area contributed by atoms with E-state index in [1.807, 2.05) is 25.1 Å². The van der Waals surface area contributed by atoms with Crippen LogP contribution in [0.2, 0.25) is 5.02 Å². The molecule has 1 aliphatic rings. The van der Waals surface area contributed by atoms with E-state index in [0.29, 0.717) is 33.3 Å². The molecule has 1 N–H and O–H groups in total. The highest BCUT2D eigenvalue weighted by atomic mass is 35.5. The highest BCUT2D eigenvalue weighted by Crippen LogP contribution is 2.33. The van der Waals surface area contributed by atoms with Crippen LogP contribution in [0, 0.1) is 12.8 Å². The van der Waals surface area contributed by atoms with Gasteiger partial charge >= 0.3 is 5.97 Å². The van der Waals surface area contributed by atoms with Crippen molar-refractivity contribution in [3.05, 3.63) is 47.0 Å². The summed E-state index contributed by atoms with van der Waals surface area (Å²) < 4.78 is 5.79. The first-order valence-corrected chi connectivity index (χ1v) is 8.50. The summed E-state index contributed by atoms with van der Waals surface area (Å²) in [6, 6.07) is 10.7. The lowest BCUT2D eigenvalue weighted by molar-refractivity contribution is -0.141. The molecule has 1 atom stereocenters. The number of carboxylic acid groups (broad SMARTS) is 1. The Hall–Kier alpha value is -2.86. The third-order valence-corrected chi connectivity index (χ3v) is 4.81. The SMILES string of the molecule is Cc1ccc(-c2nc3cc(Cl)ccc3o2)cc1N1C[C@H](C(=O)O)CC1=O. The molecule has 0 unspecified atom stereocenters. The third kappa shape index (κ3) is 2.82. The number of anilines is 1. The smallest absolute Gasteiger partial charge is 0.308 e. The number of nitrogens with zero attached hydrogens (tertiary/aromatic N) is 2. The molecule has 2 aromatic carbocycles. The summed E-state index contributed by atoms with van der Waals surface area (Å²) in [5.74, 6) is -1.41. The predicted molar refractivity (Wildman–Crippen MR) is 97.3 cm³/mol. The molecule has 0 bridgehead atoms. The molecule has 0 radical (unpaired) electrons. The van der Waals surface area contributed by atoms with Crippen molar-refractivity contribution in [1.82, 2.24) is 4.98 Å². The Kier molecular flexibility index (Phi) is 3.92. The molecule has 26 heavy (non-hydrogen) atoms. The summed E-state index contributed by atoms with van der Waals surface area (Å²) in [4.78, 5) is 29.5. The van der Waals surface area contributed by atoms with E-state index in [1.54, 1.807) is 18.2 Å². The number of aliphatic carboxylic acids is 1. The lowest BCUT2D eigenvalue weighted by Crippen LogP contribution is -2.26. The minimum atomic E-state index is -0.953. The minimum Gasteiger partial charge on any atom is -0.481 e. The zero-order valence-corrected chi connectivity index (χ0v) is 14.7. The van der Waals surface area contributed by atoms with Gasteiger partial charge in [0.2, 0.25) is 11.8 Å². The van der Waals surface area contributed by atoms with Gasteiger partial charge in [-0.15, -0.1) is 0 Å². The van der Waals surface area contributed by atoms with E-state index < -0.39 is 11.9 Å². The summed E-state index contributed by atoms with van der Waals surface area (Å²) in [6.45, 7) is 2.05. The zero-order chi connectivity index (χ0) is 18.4. The van der Waals surface area contributed by atoms with Crippen LogP contribution in [0.25, 0.3) is 22.6 Å². The van der Waals surface area contributed by atoms with Crippen LogP contribution in [0.4, 0.5) is 5.69 Å². The van der Waals surface area contributed by atoms with Crippen LogP contribution in [-0.4, -0.2) is 28.5 Å². The Balaban J connectivity index is 1.74. The van der Waals surface area contributed by atoms with E-state index in [4.69, 9.17) is 16.0 Å². The van der Waals surface area contributed by atoms with Crippen molar-refractivity contribution in [2.45, 2.75) is 13.3 Å². The molecule has 6 nitrogen and oxygen atoms in total. The second-order valence-corrected chi connectivity index (χ2v) is 6.81. The van der Waals surface area contributed by atoms with Gasteiger partial charge in [-0.1, -0.05) is 17.7 Å². The van der Waals surface area contributed by atoms with Gasteiger partial charge in [-0.2, -0.15) is 0 Å². The maximum Gasteiger partial charge on any atom is 0.308 e. The number of fused-ring (bicyclic) bond motifs is 1. The average molecular weight is 371 g/mol. The van der Waals surface area contributed by atoms with Gasteiger partial charge in [0.05, 0.1) is 5.92 Å². The molecule has 3 aromatic rings. The number of rotatable bonds is 3. The quantitative estimate of drug-likeness (QED) is 0.756. The largest absolute Gasteiger partial charge is 0.481 e. The Morgan fingerprint density at radius 1 is 1.31 bits per heavy atom. The maximum absolute atomic E-state index is 12.3. The molecule has 1 aromatic heterocycles. The van der Waals surface area contributed by atoms with Gasteiger partial charge in [-0.25, -0.2) is 4.98 Å². The standard InChI is InChI=1S/C19H15ClN2O4/c1-10-2-3-11(18-21-14-8-13(20)4-5-16(14)26-18)6-15(10)22-9-12(19(24)25)7-17(22)23/h2-6,8,12H,7,9H2,1H3,(H,24,25)/t12-/m1/s1. The van der Waals surface area contributed by atoms with Crippen molar-refractivity contribution >= 4 is 40.3 Å². The summed E-state index contributed by atoms with van der Waals surface area (Å²) in [5.41, 5.74) is 3.54. The van der Waals surface area contributed by atoms with Crippen LogP contribution in [0.5, 0.6) is 0 Å². The second kappa shape index (κ2) is 6.14. The Labute approximate surface area is 154 Å². The van der Waals surface area contributed by atoms with Crippen LogP contribution in [0.1, 0.15) is 12.0 Å². The van der Waals surface area contributed by atoms with Crippen LogP contribution >= 0.6 is 11.6 Å². The number of hydrogen-bond donors (Lipinski definition) is 1. The van der Waals surface area contributed by atoms with Gasteiger partial charge in [-0.3, -0.25) is 9.59 Å². The maximum atomic E-state index is 12.3. The van der Waals surface area contributed by atoms with Crippen molar-refractivity contribution in [2.75, 3.05) is 11.4 Å². The summed E-state index contributed by atoms with van der Waals surface area (Å²) in [6.07, 6.45) is 0.0143. The number of benzene rings is 2. The Morgan fingerprint density at radius 2 is 2.12 bits per heavy atom. The number of aromatic nitrogens is 1. The Bertz CT molecular complexity index is 1040.